The zero-order valence-electron chi connectivity index (χ0n) is 99.2. The summed E-state index contributed by atoms with van der Waals surface area (Å²) in [5.74, 6) is 0. The minimum absolute atomic E-state index is 0.0280. The first-order valence-corrected chi connectivity index (χ1v) is 46.7. The molecule has 0 aliphatic carbocycles. The maximum absolute atomic E-state index is 8.59. The van der Waals surface area contributed by atoms with Gasteiger partial charge in [0.15, 0.2) is 0 Å². The van der Waals surface area contributed by atoms with Crippen LogP contribution in [0, 0.1) is 13.8 Å². The standard InChI is InChI=1S/C46H38.2C23H24.2C22H22/c1-46(2,3)45-43(41-29-37(33-17-8-4-9-18-33)27-38(30-41)34-19-10-5-11-20-34)25-16-26-44(45)42-31-39(35-21-12-6-13-22-35)28-40(32-42)36-23-14-7-15-24-36;1-17-10-8-13-19(16-17)21-15-9-14-20(22(21)23(2,3)4)18-11-6-5-7-12-18;1-17-10-12-19(13-11-17)21-14-20(18-8-6-5-7-9-18)15-22(16-21)23(2,3)4;1-22(2,3)21-19(17-11-6-4-7-12-17)15-10-16-20(21)18-13-8-5-9-14-18;1-22(2,3)21-15-19(17-10-6-4-7-11-17)14-20(16-21)18-12-8-5-9-13-18/h4-32H,1-3H3;2*5-16H,1-4H3;2*4-16H,1-3H3/i;5D,6D,7D,8D,10D,11D,12D,13D,16D;5D,6D,7D,8D,9D,10D,11D,12D,13D;;. The largest absolute Gasteiger partial charge is 0.0632 e. The maximum Gasteiger partial charge on any atom is 0.0632 e. The minimum Gasteiger partial charge on any atom is -0.0622 e. The smallest absolute Gasteiger partial charge is 0.0622 e. The molecule has 0 aliphatic rings. The Labute approximate surface area is 838 Å². The van der Waals surface area contributed by atoms with Gasteiger partial charge in [0.1, 0.15) is 0 Å². The number of benzene rings is 19. The maximum atomic E-state index is 8.59. The Morgan fingerprint density at radius 3 is 0.632 bits per heavy atom. The van der Waals surface area contributed by atoms with Crippen molar-refractivity contribution in [1.82, 2.24) is 0 Å². The minimum atomic E-state index is -0.594. The fourth-order valence-electron chi connectivity index (χ4n) is 17.3. The zero-order valence-corrected chi connectivity index (χ0v) is 81.2. The van der Waals surface area contributed by atoms with Gasteiger partial charge < -0.3 is 0 Å². The van der Waals surface area contributed by atoms with E-state index in [1.807, 2.05) is 41.5 Å². The van der Waals surface area contributed by atoms with Gasteiger partial charge in [-0.15, -0.1) is 0 Å². The lowest BCUT2D eigenvalue weighted by Gasteiger charge is -2.28. The molecule has 0 fully saturated rings. The van der Waals surface area contributed by atoms with E-state index in [0.717, 1.165) is 5.56 Å². The third-order valence-corrected chi connectivity index (χ3v) is 24.0. The molecular weight excluding hydrogens is 1630 g/mol. The topological polar surface area (TPSA) is 0 Å². The molecular formula is C136H130. The summed E-state index contributed by atoms with van der Waals surface area (Å²) in [6.07, 6.45) is 0. The lowest BCUT2D eigenvalue weighted by Crippen LogP contribution is -2.15. The molecule has 0 aromatic heterocycles. The van der Waals surface area contributed by atoms with E-state index in [1.54, 1.807) is 43.3 Å². The van der Waals surface area contributed by atoms with Crippen LogP contribution in [-0.4, -0.2) is 0 Å². The fraction of sp³-hybridized carbons (Fsp3) is 0.162. The number of rotatable bonds is 14. The lowest BCUT2D eigenvalue weighted by molar-refractivity contribution is 0.590. The van der Waals surface area contributed by atoms with E-state index < -0.39 is 41.7 Å². The van der Waals surface area contributed by atoms with Crippen molar-refractivity contribution < 1.29 is 24.7 Å². The second kappa shape index (κ2) is 43.0. The average molecular weight is 1780 g/mol. The molecule has 19 aromatic rings. The van der Waals surface area contributed by atoms with Crippen LogP contribution in [-0.2, 0) is 27.1 Å². The molecule has 0 N–H and O–H groups in total. The second-order valence-electron chi connectivity index (χ2n) is 39.6. The van der Waals surface area contributed by atoms with Gasteiger partial charge in [-0.25, -0.2) is 0 Å². The Bertz CT molecular complexity index is 7640. The van der Waals surface area contributed by atoms with Crippen molar-refractivity contribution in [3.8, 4) is 156 Å². The third kappa shape index (κ3) is 24.4. The highest BCUT2D eigenvalue weighted by Crippen LogP contribution is 2.48. The van der Waals surface area contributed by atoms with Crippen LogP contribution in [0.15, 0.2) is 479 Å². The van der Waals surface area contributed by atoms with Crippen molar-refractivity contribution in [2.24, 2.45) is 0 Å². The van der Waals surface area contributed by atoms with E-state index >= 15 is 0 Å². The molecule has 0 spiro atoms. The second-order valence-corrected chi connectivity index (χ2v) is 39.6. The van der Waals surface area contributed by atoms with Crippen molar-refractivity contribution in [2.75, 3.05) is 0 Å². The molecule has 0 saturated heterocycles. The van der Waals surface area contributed by atoms with E-state index in [0.29, 0.717) is 27.8 Å². The third-order valence-electron chi connectivity index (χ3n) is 24.0. The Balaban J connectivity index is 0.000000147. The molecule has 19 rings (SSSR count). The predicted molar refractivity (Wildman–Crippen MR) is 591 cm³/mol. The van der Waals surface area contributed by atoms with Gasteiger partial charge in [-0.1, -0.05) is 545 Å². The van der Waals surface area contributed by atoms with Gasteiger partial charge in [0.2, 0.25) is 0 Å². The van der Waals surface area contributed by atoms with Crippen LogP contribution in [0.3, 0.4) is 0 Å². The molecule has 136 heavy (non-hydrogen) atoms. The molecule has 0 heterocycles. The molecule has 0 atom stereocenters. The van der Waals surface area contributed by atoms with Crippen LogP contribution in [0.25, 0.3) is 156 Å². The summed E-state index contributed by atoms with van der Waals surface area (Å²) in [5, 5.41) is 0. The van der Waals surface area contributed by atoms with Gasteiger partial charge in [-0.05, 0) is 273 Å². The predicted octanol–water partition coefficient (Wildman–Crippen LogP) is 38.9. The Hall–Kier alpha value is -14.8. The molecule has 674 valence electrons. The van der Waals surface area contributed by atoms with Gasteiger partial charge >= 0.3 is 0 Å². The highest BCUT2D eigenvalue weighted by Gasteiger charge is 2.29. The molecule has 19 aromatic carbocycles. The number of hydrogen-bond donors (Lipinski definition) is 0. The Kier molecular flexibility index (Phi) is 23.6. The van der Waals surface area contributed by atoms with Crippen LogP contribution in [0.1, 0.15) is 167 Å². The van der Waals surface area contributed by atoms with E-state index in [2.05, 4.69) is 396 Å². The molecule has 0 saturated carbocycles. The van der Waals surface area contributed by atoms with Crippen molar-refractivity contribution in [2.45, 2.75) is 145 Å². The summed E-state index contributed by atoms with van der Waals surface area (Å²) in [5.41, 5.74) is 32.3. The first-order chi connectivity index (χ1) is 72.9. The summed E-state index contributed by atoms with van der Waals surface area (Å²) in [7, 11) is 0. The van der Waals surface area contributed by atoms with Crippen molar-refractivity contribution in [3.63, 3.8) is 0 Å². The zero-order chi connectivity index (χ0) is 111. The van der Waals surface area contributed by atoms with Crippen LogP contribution < -0.4 is 0 Å². The van der Waals surface area contributed by atoms with E-state index in [9.17, 15) is 0 Å². The first-order valence-electron chi connectivity index (χ1n) is 55.7. The van der Waals surface area contributed by atoms with E-state index in [4.69, 9.17) is 24.7 Å². The summed E-state index contributed by atoms with van der Waals surface area (Å²) >= 11 is 0. The van der Waals surface area contributed by atoms with Crippen LogP contribution >= 0.6 is 0 Å². The quantitative estimate of drug-likeness (QED) is 0.102. The van der Waals surface area contributed by atoms with Gasteiger partial charge in [0.05, 0.1) is 24.7 Å². The Morgan fingerprint density at radius 2 is 0.360 bits per heavy atom. The number of hydrogen-bond acceptors (Lipinski definition) is 0. The van der Waals surface area contributed by atoms with Crippen molar-refractivity contribution >= 4 is 0 Å². The van der Waals surface area contributed by atoms with Crippen LogP contribution in [0.2, 0.25) is 0 Å². The summed E-state index contributed by atoms with van der Waals surface area (Å²) in [4.78, 5) is 0. The molecule has 0 radical (unpaired) electrons. The highest BCUT2D eigenvalue weighted by molar-refractivity contribution is 5.90. The van der Waals surface area contributed by atoms with Crippen molar-refractivity contribution in [1.29, 1.82) is 0 Å². The fourth-order valence-corrected chi connectivity index (χ4v) is 17.3. The van der Waals surface area contributed by atoms with E-state index in [-0.39, 0.29) is 128 Å². The normalized spacial score (nSPS) is 13.3. The summed E-state index contributed by atoms with van der Waals surface area (Å²) in [6, 6.07) is 125. The lowest BCUT2D eigenvalue weighted by atomic mass is 9.76. The summed E-state index contributed by atoms with van der Waals surface area (Å²) in [6.45, 7) is 35.4. The van der Waals surface area contributed by atoms with Gasteiger partial charge in [0, 0.05) is 0 Å². The van der Waals surface area contributed by atoms with Crippen molar-refractivity contribution in [3.05, 3.63) is 518 Å². The molecule has 0 unspecified atom stereocenters. The van der Waals surface area contributed by atoms with Crippen LogP contribution in [0.4, 0.5) is 0 Å². The molecule has 0 amide bonds. The first kappa shape index (κ1) is 74.6. The average Bonchev–Trinajstić information content (AvgIpc) is 0.748. The van der Waals surface area contributed by atoms with Crippen LogP contribution in [0.5, 0.6) is 0 Å². The van der Waals surface area contributed by atoms with E-state index in [1.165, 1.54) is 135 Å². The molecule has 0 heteroatoms. The summed E-state index contributed by atoms with van der Waals surface area (Å²) < 4.78 is 148. The van der Waals surface area contributed by atoms with Gasteiger partial charge in [-0.2, -0.15) is 0 Å². The monoisotopic (exact) mass is 1780 g/mol. The Morgan fingerprint density at radius 1 is 0.147 bits per heavy atom. The highest BCUT2D eigenvalue weighted by atomic mass is 14.3. The SMILES string of the molecule is CC(C)(C)c1c(-c2cc(-c3ccccc3)cc(-c3ccccc3)c2)cccc1-c1cc(-c2ccccc2)cc(-c2ccccc2)c1.CC(C)(C)c1c(-c2ccccc2)cccc1-c1ccccc1.CC(C)(C)c1cc(-c2ccccc2)cc(-c2ccccc2)c1.[2H]c1c([2H])c([2H])c(-c2cc(-c3c([2H])c([2H])c(C)c([2H])c3[2H])cc(C(C)(C)C)c2)c([2H])c1[2H].[2H]c1c([2H])c([2H])c(-c2cccc(-c3c([2H])c([2H])c([2H])c(C)c3[2H])c2C(C)(C)C)c([2H])c1[2H]. The van der Waals surface area contributed by atoms with Gasteiger partial charge in [-0.3, -0.25) is 0 Å². The van der Waals surface area contributed by atoms with Gasteiger partial charge in [0.25, 0.3) is 0 Å². The molecule has 0 nitrogen and oxygen atoms in total. The molecule has 0 bridgehead atoms. The molecule has 0 aliphatic heterocycles.